The van der Waals surface area contributed by atoms with Crippen molar-refractivity contribution in [3.63, 3.8) is 0 Å². The molecule has 0 bridgehead atoms. The average molecular weight is 215 g/mol. The Morgan fingerprint density at radius 2 is 2.46 bits per heavy atom. The third-order valence-corrected chi connectivity index (χ3v) is 2.58. The summed E-state index contributed by atoms with van der Waals surface area (Å²) < 4.78 is 0.712. The molecule has 2 aromatic heterocycles. The summed E-state index contributed by atoms with van der Waals surface area (Å²) in [5.74, 6) is 0. The van der Waals surface area contributed by atoms with Crippen LogP contribution in [0.3, 0.4) is 0 Å². The number of thiazole rings is 1. The molecule has 68 valence electrons. The molecule has 0 aliphatic heterocycles. The van der Waals surface area contributed by atoms with Gasteiger partial charge in [0.25, 0.3) is 0 Å². The molecule has 0 unspecified atom stereocenters. The van der Waals surface area contributed by atoms with Crippen LogP contribution in [0.4, 0.5) is 5.69 Å². The van der Waals surface area contributed by atoms with E-state index in [1.807, 2.05) is 0 Å². The highest BCUT2D eigenvalue weighted by molar-refractivity contribution is 7.15. The van der Waals surface area contributed by atoms with E-state index in [-0.39, 0.29) is 0 Å². The Bertz CT molecular complexity index is 370. The van der Waals surface area contributed by atoms with Crippen molar-refractivity contribution in [1.82, 2.24) is 15.2 Å². The van der Waals surface area contributed by atoms with E-state index in [4.69, 9.17) is 11.6 Å². The van der Waals surface area contributed by atoms with Crippen molar-refractivity contribution in [2.45, 2.75) is 6.54 Å². The summed E-state index contributed by atoms with van der Waals surface area (Å²) in [5.41, 5.74) is 0.950. The summed E-state index contributed by atoms with van der Waals surface area (Å²) >= 11 is 7.20. The van der Waals surface area contributed by atoms with Crippen molar-refractivity contribution in [1.29, 1.82) is 0 Å². The van der Waals surface area contributed by atoms with E-state index in [2.05, 4.69) is 20.5 Å². The summed E-state index contributed by atoms with van der Waals surface area (Å²) in [6.45, 7) is 0.678. The summed E-state index contributed by atoms with van der Waals surface area (Å²) in [6, 6.07) is 0. The van der Waals surface area contributed by atoms with Crippen molar-refractivity contribution in [2.75, 3.05) is 5.32 Å². The van der Waals surface area contributed by atoms with Crippen molar-refractivity contribution in [2.24, 2.45) is 0 Å². The first kappa shape index (κ1) is 8.52. The lowest BCUT2D eigenvalue weighted by Gasteiger charge is -1.97. The van der Waals surface area contributed by atoms with Crippen LogP contribution in [-0.4, -0.2) is 15.2 Å². The monoisotopic (exact) mass is 214 g/mol. The standard InChI is InChI=1S/C7H7ClN4S/c8-6-3-10-7(13-6)4-9-5-1-11-12-2-5/h1-3,9H,4H2,(H,11,12). The van der Waals surface area contributed by atoms with E-state index in [1.54, 1.807) is 18.6 Å². The minimum Gasteiger partial charge on any atom is -0.376 e. The summed E-state index contributed by atoms with van der Waals surface area (Å²) in [6.07, 6.45) is 5.16. The number of anilines is 1. The first-order valence-corrected chi connectivity index (χ1v) is 4.87. The fourth-order valence-electron chi connectivity index (χ4n) is 0.895. The molecule has 0 amide bonds. The van der Waals surface area contributed by atoms with Crippen LogP contribution < -0.4 is 5.32 Å². The van der Waals surface area contributed by atoms with Gasteiger partial charge in [0.05, 0.1) is 24.6 Å². The van der Waals surface area contributed by atoms with Crippen molar-refractivity contribution < 1.29 is 0 Å². The number of hydrogen-bond donors (Lipinski definition) is 2. The second-order valence-corrected chi connectivity index (χ2v) is 4.15. The molecule has 4 nitrogen and oxygen atoms in total. The second-order valence-electron chi connectivity index (χ2n) is 2.40. The van der Waals surface area contributed by atoms with Crippen molar-refractivity contribution in [3.05, 3.63) is 27.9 Å². The van der Waals surface area contributed by atoms with Gasteiger partial charge in [-0.05, 0) is 0 Å². The SMILES string of the molecule is Clc1cnc(CNc2cn[nH]c2)s1. The zero-order chi connectivity index (χ0) is 9.10. The number of aromatic amines is 1. The molecule has 0 saturated carbocycles. The molecule has 2 N–H and O–H groups in total. The number of H-pyrrole nitrogens is 1. The molecule has 0 aliphatic rings. The van der Waals surface area contributed by atoms with Gasteiger partial charge < -0.3 is 5.32 Å². The Morgan fingerprint density at radius 3 is 3.08 bits per heavy atom. The smallest absolute Gasteiger partial charge is 0.113 e. The summed E-state index contributed by atoms with van der Waals surface area (Å²) in [5, 5.41) is 10.6. The number of nitrogens with zero attached hydrogens (tertiary/aromatic N) is 2. The predicted molar refractivity (Wildman–Crippen MR) is 53.0 cm³/mol. The van der Waals surface area contributed by atoms with E-state index in [0.717, 1.165) is 10.7 Å². The number of hydrogen-bond acceptors (Lipinski definition) is 4. The van der Waals surface area contributed by atoms with Gasteiger partial charge in [0.1, 0.15) is 9.34 Å². The largest absolute Gasteiger partial charge is 0.376 e. The normalized spacial score (nSPS) is 10.2. The van der Waals surface area contributed by atoms with Crippen LogP contribution >= 0.6 is 22.9 Å². The molecule has 0 aromatic carbocycles. The Labute approximate surface area is 84.0 Å². The van der Waals surface area contributed by atoms with Gasteiger partial charge in [0.2, 0.25) is 0 Å². The molecule has 0 spiro atoms. The topological polar surface area (TPSA) is 53.6 Å². The lowest BCUT2D eigenvalue weighted by Crippen LogP contribution is -1.96. The van der Waals surface area contributed by atoms with Crippen molar-refractivity contribution in [3.8, 4) is 0 Å². The Hall–Kier alpha value is -1.07. The molecule has 2 rings (SSSR count). The first-order chi connectivity index (χ1) is 6.34. The Morgan fingerprint density at radius 1 is 1.54 bits per heavy atom. The molecular formula is C7H7ClN4S. The Kier molecular flexibility index (Phi) is 2.47. The molecule has 13 heavy (non-hydrogen) atoms. The van der Waals surface area contributed by atoms with E-state index in [9.17, 15) is 0 Å². The van der Waals surface area contributed by atoms with Gasteiger partial charge in [-0.25, -0.2) is 4.98 Å². The third-order valence-electron chi connectivity index (χ3n) is 1.47. The van der Waals surface area contributed by atoms with Gasteiger partial charge >= 0.3 is 0 Å². The first-order valence-electron chi connectivity index (χ1n) is 3.67. The molecule has 0 fully saturated rings. The van der Waals surface area contributed by atoms with E-state index < -0.39 is 0 Å². The summed E-state index contributed by atoms with van der Waals surface area (Å²) in [4.78, 5) is 4.11. The summed E-state index contributed by atoms with van der Waals surface area (Å²) in [7, 11) is 0. The van der Waals surface area contributed by atoms with Gasteiger partial charge in [-0.15, -0.1) is 11.3 Å². The molecular weight excluding hydrogens is 208 g/mol. The third kappa shape index (κ3) is 2.19. The molecule has 6 heteroatoms. The lowest BCUT2D eigenvalue weighted by atomic mass is 10.5. The second kappa shape index (κ2) is 3.76. The average Bonchev–Trinajstić information content (AvgIpc) is 2.71. The van der Waals surface area contributed by atoms with Crippen LogP contribution in [0.5, 0.6) is 0 Å². The molecule has 2 aromatic rings. The maximum Gasteiger partial charge on any atom is 0.113 e. The van der Waals surface area contributed by atoms with Crippen LogP contribution in [0.1, 0.15) is 5.01 Å². The van der Waals surface area contributed by atoms with Crippen LogP contribution in [-0.2, 0) is 6.54 Å². The highest BCUT2D eigenvalue weighted by Crippen LogP contribution is 2.18. The van der Waals surface area contributed by atoms with Crippen LogP contribution in [0.2, 0.25) is 4.34 Å². The molecule has 0 radical (unpaired) electrons. The highest BCUT2D eigenvalue weighted by Gasteiger charge is 1.99. The number of rotatable bonds is 3. The number of nitrogens with one attached hydrogen (secondary N) is 2. The van der Waals surface area contributed by atoms with Gasteiger partial charge in [-0.1, -0.05) is 11.6 Å². The fourth-order valence-corrected chi connectivity index (χ4v) is 1.79. The molecule has 2 heterocycles. The van der Waals surface area contributed by atoms with E-state index in [0.29, 0.717) is 10.9 Å². The van der Waals surface area contributed by atoms with Gasteiger partial charge in [0.15, 0.2) is 0 Å². The quantitative estimate of drug-likeness (QED) is 0.823. The van der Waals surface area contributed by atoms with Crippen LogP contribution in [0.25, 0.3) is 0 Å². The van der Waals surface area contributed by atoms with Gasteiger partial charge in [0, 0.05) is 6.20 Å². The van der Waals surface area contributed by atoms with Crippen LogP contribution in [0.15, 0.2) is 18.6 Å². The van der Waals surface area contributed by atoms with Crippen molar-refractivity contribution >= 4 is 28.6 Å². The molecule has 0 aliphatic carbocycles. The van der Waals surface area contributed by atoms with Gasteiger partial charge in [-0.3, -0.25) is 5.10 Å². The number of aromatic nitrogens is 3. The minimum absolute atomic E-state index is 0.678. The fraction of sp³-hybridized carbons (Fsp3) is 0.143. The van der Waals surface area contributed by atoms with Crippen LogP contribution in [0, 0.1) is 0 Å². The number of halogens is 1. The zero-order valence-electron chi connectivity index (χ0n) is 6.62. The molecule has 0 saturated heterocycles. The van der Waals surface area contributed by atoms with E-state index >= 15 is 0 Å². The highest BCUT2D eigenvalue weighted by atomic mass is 35.5. The Balaban J connectivity index is 1.93. The molecule has 0 atom stereocenters. The zero-order valence-corrected chi connectivity index (χ0v) is 8.19. The maximum absolute atomic E-state index is 5.73. The predicted octanol–water partition coefficient (Wildman–Crippen LogP) is 2.13. The minimum atomic E-state index is 0.678. The van der Waals surface area contributed by atoms with E-state index in [1.165, 1.54) is 11.3 Å². The maximum atomic E-state index is 5.73. The lowest BCUT2D eigenvalue weighted by molar-refractivity contribution is 1.09. The van der Waals surface area contributed by atoms with Gasteiger partial charge in [-0.2, -0.15) is 5.10 Å².